The van der Waals surface area contributed by atoms with Crippen molar-refractivity contribution in [3.63, 3.8) is 0 Å². The second-order valence-electron chi connectivity index (χ2n) is 5.70. The van der Waals surface area contributed by atoms with E-state index in [9.17, 15) is 18.0 Å². The molecule has 22 heavy (non-hydrogen) atoms. The average Bonchev–Trinajstić information content (AvgIpc) is 2.75. The van der Waals surface area contributed by atoms with Crippen LogP contribution in [0.15, 0.2) is 0 Å². The SMILES string of the molecule is Cc1nc(NC(=O)[C@@H](C)N2CCC[C@@H](C(F)(F)F)C2)sc1C. The third-order valence-corrected chi connectivity index (χ3v) is 5.09. The topological polar surface area (TPSA) is 45.2 Å². The van der Waals surface area contributed by atoms with Crippen LogP contribution < -0.4 is 5.32 Å². The van der Waals surface area contributed by atoms with Gasteiger partial charge in [0.1, 0.15) is 0 Å². The van der Waals surface area contributed by atoms with E-state index in [1.54, 1.807) is 11.8 Å². The molecule has 0 bridgehead atoms. The molecule has 1 aromatic heterocycles. The molecule has 1 saturated heterocycles. The number of aryl methyl sites for hydroxylation is 2. The van der Waals surface area contributed by atoms with Gasteiger partial charge in [0.15, 0.2) is 5.13 Å². The van der Waals surface area contributed by atoms with Crippen LogP contribution in [0.25, 0.3) is 0 Å². The van der Waals surface area contributed by atoms with Gasteiger partial charge in [-0.1, -0.05) is 0 Å². The van der Waals surface area contributed by atoms with E-state index < -0.39 is 18.1 Å². The molecule has 124 valence electrons. The molecule has 1 aliphatic heterocycles. The van der Waals surface area contributed by atoms with Crippen LogP contribution in [0.5, 0.6) is 0 Å². The number of likely N-dealkylation sites (tertiary alicyclic amines) is 1. The number of carbonyl (C=O) groups is 1. The van der Waals surface area contributed by atoms with Crippen molar-refractivity contribution in [2.24, 2.45) is 5.92 Å². The molecular weight excluding hydrogens is 315 g/mol. The molecule has 0 radical (unpaired) electrons. The molecule has 0 saturated carbocycles. The predicted molar refractivity (Wildman–Crippen MR) is 80.0 cm³/mol. The number of hydrogen-bond donors (Lipinski definition) is 1. The number of thiazole rings is 1. The number of rotatable bonds is 3. The van der Waals surface area contributed by atoms with E-state index in [0.29, 0.717) is 18.1 Å². The summed E-state index contributed by atoms with van der Waals surface area (Å²) in [5.74, 6) is -1.66. The number of carbonyl (C=O) groups excluding carboxylic acids is 1. The van der Waals surface area contributed by atoms with Crippen LogP contribution in [0, 0.1) is 19.8 Å². The maximum absolute atomic E-state index is 12.8. The molecule has 0 spiro atoms. The third kappa shape index (κ3) is 3.98. The summed E-state index contributed by atoms with van der Waals surface area (Å²) in [6.45, 7) is 5.79. The average molecular weight is 335 g/mol. The zero-order valence-corrected chi connectivity index (χ0v) is 13.6. The lowest BCUT2D eigenvalue weighted by molar-refractivity contribution is -0.188. The van der Waals surface area contributed by atoms with Crippen LogP contribution in [0.1, 0.15) is 30.3 Å². The summed E-state index contributed by atoms with van der Waals surface area (Å²) in [5, 5.41) is 3.20. The van der Waals surface area contributed by atoms with Gasteiger partial charge >= 0.3 is 6.18 Å². The minimum Gasteiger partial charge on any atom is -0.301 e. The van der Waals surface area contributed by atoms with Crippen molar-refractivity contribution in [3.8, 4) is 0 Å². The zero-order chi connectivity index (χ0) is 16.5. The fourth-order valence-electron chi connectivity index (χ4n) is 2.53. The maximum atomic E-state index is 12.8. The number of piperidine rings is 1. The summed E-state index contributed by atoms with van der Waals surface area (Å²) in [6, 6.07) is -0.602. The highest BCUT2D eigenvalue weighted by Gasteiger charge is 2.43. The molecule has 1 N–H and O–H groups in total. The first kappa shape index (κ1) is 17.2. The summed E-state index contributed by atoms with van der Waals surface area (Å²) in [4.78, 5) is 19.1. The van der Waals surface area contributed by atoms with Gasteiger partial charge in [-0.05, 0) is 40.2 Å². The van der Waals surface area contributed by atoms with E-state index in [4.69, 9.17) is 0 Å². The highest BCUT2D eigenvalue weighted by atomic mass is 32.1. The lowest BCUT2D eigenvalue weighted by Gasteiger charge is -2.36. The van der Waals surface area contributed by atoms with Gasteiger partial charge in [0.25, 0.3) is 0 Å². The van der Waals surface area contributed by atoms with E-state index in [1.807, 2.05) is 13.8 Å². The van der Waals surface area contributed by atoms with Crippen molar-refractivity contribution >= 4 is 22.4 Å². The zero-order valence-electron chi connectivity index (χ0n) is 12.8. The quantitative estimate of drug-likeness (QED) is 0.921. The summed E-state index contributed by atoms with van der Waals surface area (Å²) >= 11 is 1.37. The molecule has 2 heterocycles. The van der Waals surface area contributed by atoms with Gasteiger partial charge in [-0.3, -0.25) is 9.69 Å². The number of hydrogen-bond acceptors (Lipinski definition) is 4. The first-order chi connectivity index (χ1) is 10.2. The Morgan fingerprint density at radius 2 is 2.14 bits per heavy atom. The largest absolute Gasteiger partial charge is 0.393 e. The number of nitrogens with one attached hydrogen (secondary N) is 1. The Morgan fingerprint density at radius 3 is 2.68 bits per heavy atom. The fourth-order valence-corrected chi connectivity index (χ4v) is 3.34. The fraction of sp³-hybridized carbons (Fsp3) is 0.714. The molecule has 1 aromatic rings. The van der Waals surface area contributed by atoms with E-state index in [0.717, 1.165) is 10.6 Å². The van der Waals surface area contributed by atoms with Gasteiger partial charge in [-0.25, -0.2) is 4.98 Å². The Kier molecular flexibility index (Phi) is 5.11. The smallest absolute Gasteiger partial charge is 0.301 e. The van der Waals surface area contributed by atoms with Crippen molar-refractivity contribution in [2.75, 3.05) is 18.4 Å². The van der Waals surface area contributed by atoms with Gasteiger partial charge in [-0.15, -0.1) is 11.3 Å². The monoisotopic (exact) mass is 335 g/mol. The Labute approximate surface area is 131 Å². The predicted octanol–water partition coefficient (Wildman–Crippen LogP) is 3.36. The molecule has 1 aliphatic rings. The van der Waals surface area contributed by atoms with Crippen LogP contribution in [-0.4, -0.2) is 41.1 Å². The number of alkyl halides is 3. The van der Waals surface area contributed by atoms with Crippen LogP contribution in [0.2, 0.25) is 0 Å². The molecule has 0 unspecified atom stereocenters. The first-order valence-corrected chi connectivity index (χ1v) is 8.05. The summed E-state index contributed by atoms with van der Waals surface area (Å²) < 4.78 is 38.5. The third-order valence-electron chi connectivity index (χ3n) is 4.10. The van der Waals surface area contributed by atoms with Crippen LogP contribution in [0.4, 0.5) is 18.3 Å². The molecule has 2 rings (SSSR count). The molecule has 0 aliphatic carbocycles. The highest BCUT2D eigenvalue weighted by Crippen LogP contribution is 2.33. The Bertz CT molecular complexity index is 524. The number of amides is 1. The molecule has 1 amide bonds. The Balaban J connectivity index is 1.98. The first-order valence-electron chi connectivity index (χ1n) is 7.24. The van der Waals surface area contributed by atoms with Crippen LogP contribution in [-0.2, 0) is 4.79 Å². The van der Waals surface area contributed by atoms with E-state index in [2.05, 4.69) is 10.3 Å². The molecule has 4 nitrogen and oxygen atoms in total. The minimum atomic E-state index is -4.20. The summed E-state index contributed by atoms with van der Waals surface area (Å²) in [5.41, 5.74) is 0.850. The van der Waals surface area contributed by atoms with Gasteiger partial charge < -0.3 is 5.32 Å². The highest BCUT2D eigenvalue weighted by molar-refractivity contribution is 7.15. The lowest BCUT2D eigenvalue weighted by Crippen LogP contribution is -2.49. The Hall–Kier alpha value is -1.15. The van der Waals surface area contributed by atoms with Crippen molar-refractivity contribution in [1.82, 2.24) is 9.88 Å². The van der Waals surface area contributed by atoms with Crippen molar-refractivity contribution in [2.45, 2.75) is 45.8 Å². The van der Waals surface area contributed by atoms with Crippen molar-refractivity contribution in [3.05, 3.63) is 10.6 Å². The van der Waals surface area contributed by atoms with Crippen LogP contribution >= 0.6 is 11.3 Å². The van der Waals surface area contributed by atoms with Gasteiger partial charge in [0.05, 0.1) is 17.7 Å². The Morgan fingerprint density at radius 1 is 1.45 bits per heavy atom. The summed E-state index contributed by atoms with van der Waals surface area (Å²) in [6.07, 6.45) is -3.60. The number of nitrogens with zero attached hydrogens (tertiary/aromatic N) is 2. The van der Waals surface area contributed by atoms with Crippen molar-refractivity contribution in [1.29, 1.82) is 0 Å². The van der Waals surface area contributed by atoms with E-state index in [1.165, 1.54) is 11.3 Å². The molecule has 1 fully saturated rings. The maximum Gasteiger partial charge on any atom is 0.393 e. The van der Waals surface area contributed by atoms with Crippen molar-refractivity contribution < 1.29 is 18.0 Å². The second-order valence-corrected chi connectivity index (χ2v) is 6.90. The summed E-state index contributed by atoms with van der Waals surface area (Å²) in [7, 11) is 0. The van der Waals surface area contributed by atoms with Gasteiger partial charge in [-0.2, -0.15) is 13.2 Å². The van der Waals surface area contributed by atoms with Gasteiger partial charge in [0.2, 0.25) is 5.91 Å². The molecule has 0 aromatic carbocycles. The minimum absolute atomic E-state index is 0.117. The second kappa shape index (κ2) is 6.54. The normalized spacial score (nSPS) is 21.6. The number of aromatic nitrogens is 1. The lowest BCUT2D eigenvalue weighted by atomic mass is 9.96. The number of halogens is 3. The van der Waals surface area contributed by atoms with Crippen LogP contribution in [0.3, 0.4) is 0 Å². The standard InChI is InChI=1S/C14H20F3N3OS/c1-8-10(3)22-13(18-8)19-12(21)9(2)20-6-4-5-11(7-20)14(15,16)17/h9,11H,4-7H2,1-3H3,(H,18,19,21)/t9-,11-/m1/s1. The number of anilines is 1. The molecule has 2 atom stereocenters. The molecule has 8 heteroatoms. The molecular formula is C14H20F3N3OS. The van der Waals surface area contributed by atoms with Gasteiger partial charge in [0, 0.05) is 11.4 Å². The van der Waals surface area contributed by atoms with E-state index >= 15 is 0 Å². The van der Waals surface area contributed by atoms with E-state index in [-0.39, 0.29) is 18.9 Å².